The molecule has 2 aromatic rings. The second kappa shape index (κ2) is 8.65. The Balaban J connectivity index is 1.62. The van der Waals surface area contributed by atoms with E-state index in [1.165, 1.54) is 17.1 Å². The number of nitrogens with zero attached hydrogens (tertiary/aromatic N) is 2. The van der Waals surface area contributed by atoms with Gasteiger partial charge in [0, 0.05) is 18.9 Å². The zero-order valence-electron chi connectivity index (χ0n) is 15.2. The molecule has 0 unspecified atom stereocenters. The summed E-state index contributed by atoms with van der Waals surface area (Å²) >= 11 is 0. The molecule has 0 fully saturated rings. The van der Waals surface area contributed by atoms with E-state index in [0.29, 0.717) is 5.69 Å². The predicted octanol–water partition coefficient (Wildman–Crippen LogP) is 0.412. The molecule has 150 valence electrons. The van der Waals surface area contributed by atoms with Crippen LogP contribution in [-0.2, 0) is 26.6 Å². The number of para-hydroxylation sites is 1. The highest BCUT2D eigenvalue weighted by Gasteiger charge is 2.32. The molecule has 2 heterocycles. The van der Waals surface area contributed by atoms with Crippen LogP contribution < -0.4 is 10.0 Å². The number of nitrogens with one attached hydrogen (secondary N) is 2. The lowest BCUT2D eigenvalue weighted by molar-refractivity contribution is -0.120. The molecule has 1 aromatic carbocycles. The molecule has 1 aliphatic heterocycles. The Morgan fingerprint density at radius 2 is 2.04 bits per heavy atom. The lowest BCUT2D eigenvalue weighted by atomic mass is 10.1. The number of aromatic nitrogens is 2. The standard InChI is InChI=1S/C18H22N4O5S/c1-22-10-18(19-12-22)28(25,26)21-15-8-7-14(27-16(15)11-23)9-17(24)20-13-5-3-2-4-6-13/h2-8,10,12,14-16,21,23H,9,11H2,1H3,(H,20,24)/t14-,15-,16-/m1/s1. The Kier molecular flexibility index (Phi) is 6.25. The second-order valence-corrected chi connectivity index (χ2v) is 8.08. The van der Waals surface area contributed by atoms with E-state index in [-0.39, 0.29) is 17.4 Å². The fraction of sp³-hybridized carbons (Fsp3) is 0.333. The maximum absolute atomic E-state index is 12.4. The van der Waals surface area contributed by atoms with Gasteiger partial charge >= 0.3 is 0 Å². The third-order valence-electron chi connectivity index (χ3n) is 4.16. The van der Waals surface area contributed by atoms with E-state index in [4.69, 9.17) is 4.74 Å². The van der Waals surface area contributed by atoms with Crippen LogP contribution >= 0.6 is 0 Å². The lowest BCUT2D eigenvalue weighted by Gasteiger charge is -2.31. The van der Waals surface area contributed by atoms with Crippen LogP contribution in [0.4, 0.5) is 5.69 Å². The van der Waals surface area contributed by atoms with Crippen LogP contribution in [0.5, 0.6) is 0 Å². The number of sulfonamides is 1. The van der Waals surface area contributed by atoms with Crippen molar-refractivity contribution >= 4 is 21.6 Å². The van der Waals surface area contributed by atoms with Gasteiger partial charge in [-0.1, -0.05) is 30.4 Å². The summed E-state index contributed by atoms with van der Waals surface area (Å²) in [5.41, 5.74) is 0.673. The van der Waals surface area contributed by atoms with Crippen molar-refractivity contribution < 1.29 is 23.1 Å². The molecule has 0 saturated carbocycles. The summed E-state index contributed by atoms with van der Waals surface area (Å²) < 4.78 is 34.5. The van der Waals surface area contributed by atoms with E-state index < -0.39 is 34.9 Å². The van der Waals surface area contributed by atoms with Gasteiger partial charge in [0.2, 0.25) is 5.91 Å². The minimum atomic E-state index is -3.87. The number of anilines is 1. The summed E-state index contributed by atoms with van der Waals surface area (Å²) in [5.74, 6) is -0.245. The Labute approximate surface area is 163 Å². The number of hydrogen-bond donors (Lipinski definition) is 3. The van der Waals surface area contributed by atoms with E-state index in [2.05, 4.69) is 15.0 Å². The average molecular weight is 406 g/mol. The highest BCUT2D eigenvalue weighted by Crippen LogP contribution is 2.18. The van der Waals surface area contributed by atoms with Gasteiger partial charge in [-0.3, -0.25) is 4.79 Å². The van der Waals surface area contributed by atoms with E-state index in [1.54, 1.807) is 31.3 Å². The number of aliphatic hydroxyl groups is 1. The maximum Gasteiger partial charge on any atom is 0.260 e. The zero-order chi connectivity index (χ0) is 20.1. The normalized spacial score (nSPS) is 22.1. The molecule has 28 heavy (non-hydrogen) atoms. The third-order valence-corrected chi connectivity index (χ3v) is 5.50. The van der Waals surface area contributed by atoms with E-state index in [0.717, 1.165) is 0 Å². The maximum atomic E-state index is 12.4. The van der Waals surface area contributed by atoms with Gasteiger partial charge in [-0.15, -0.1) is 0 Å². The van der Waals surface area contributed by atoms with Crippen LogP contribution in [-0.4, -0.2) is 53.8 Å². The van der Waals surface area contributed by atoms with Gasteiger partial charge in [0.05, 0.1) is 31.5 Å². The number of aryl methyl sites for hydroxylation is 1. The molecule has 3 rings (SSSR count). The smallest absolute Gasteiger partial charge is 0.260 e. The van der Waals surface area contributed by atoms with Crippen molar-refractivity contribution in [3.63, 3.8) is 0 Å². The van der Waals surface area contributed by atoms with Crippen LogP contribution in [0.25, 0.3) is 0 Å². The van der Waals surface area contributed by atoms with Gasteiger partial charge in [0.15, 0.2) is 5.03 Å². The van der Waals surface area contributed by atoms with Crippen molar-refractivity contribution in [3.05, 3.63) is 55.0 Å². The van der Waals surface area contributed by atoms with E-state index >= 15 is 0 Å². The van der Waals surface area contributed by atoms with Crippen LogP contribution in [0.15, 0.2) is 60.0 Å². The fourth-order valence-electron chi connectivity index (χ4n) is 2.79. The first-order valence-corrected chi connectivity index (χ1v) is 10.2. The molecule has 0 spiro atoms. The molecule has 1 amide bonds. The number of carbonyl (C=O) groups is 1. The number of ether oxygens (including phenoxy) is 1. The molecule has 0 radical (unpaired) electrons. The predicted molar refractivity (Wildman–Crippen MR) is 102 cm³/mol. The number of carbonyl (C=O) groups excluding carboxylic acids is 1. The highest BCUT2D eigenvalue weighted by molar-refractivity contribution is 7.89. The minimum absolute atomic E-state index is 0.0433. The first kappa shape index (κ1) is 20.2. The molecule has 3 N–H and O–H groups in total. The number of hydrogen-bond acceptors (Lipinski definition) is 6. The van der Waals surface area contributed by atoms with Crippen LogP contribution in [0.2, 0.25) is 0 Å². The molecule has 0 bridgehead atoms. The molecule has 3 atom stereocenters. The Hall–Kier alpha value is -2.53. The fourth-order valence-corrected chi connectivity index (χ4v) is 3.99. The molecular formula is C18H22N4O5S. The van der Waals surface area contributed by atoms with Crippen LogP contribution in [0.1, 0.15) is 6.42 Å². The van der Waals surface area contributed by atoms with Crippen molar-refractivity contribution in [1.82, 2.24) is 14.3 Å². The number of benzene rings is 1. The van der Waals surface area contributed by atoms with Crippen LogP contribution in [0, 0.1) is 0 Å². The van der Waals surface area contributed by atoms with Crippen molar-refractivity contribution in [3.8, 4) is 0 Å². The minimum Gasteiger partial charge on any atom is -0.394 e. The van der Waals surface area contributed by atoms with Crippen LogP contribution in [0.3, 0.4) is 0 Å². The van der Waals surface area contributed by atoms with Crippen molar-refractivity contribution in [2.45, 2.75) is 29.7 Å². The molecule has 0 saturated heterocycles. The quantitative estimate of drug-likeness (QED) is 0.573. The van der Waals surface area contributed by atoms with Crippen molar-refractivity contribution in [2.75, 3.05) is 11.9 Å². The Bertz CT molecular complexity index is 942. The summed E-state index contributed by atoms with van der Waals surface area (Å²) in [6.07, 6.45) is 4.61. The summed E-state index contributed by atoms with van der Waals surface area (Å²) in [5, 5.41) is 12.2. The van der Waals surface area contributed by atoms with E-state index in [1.807, 2.05) is 18.2 Å². The largest absolute Gasteiger partial charge is 0.394 e. The van der Waals surface area contributed by atoms with E-state index in [9.17, 15) is 18.3 Å². The topological polar surface area (TPSA) is 123 Å². The lowest BCUT2D eigenvalue weighted by Crippen LogP contribution is -2.48. The van der Waals surface area contributed by atoms with Gasteiger partial charge in [-0.2, -0.15) is 0 Å². The van der Waals surface area contributed by atoms with Gasteiger partial charge in [-0.05, 0) is 12.1 Å². The number of rotatable bonds is 7. The van der Waals surface area contributed by atoms with Gasteiger partial charge in [0.25, 0.3) is 10.0 Å². The molecule has 10 heteroatoms. The summed E-state index contributed by atoms with van der Waals surface area (Å²) in [7, 11) is -2.20. The molecular weight excluding hydrogens is 384 g/mol. The van der Waals surface area contributed by atoms with Gasteiger partial charge in [0.1, 0.15) is 6.10 Å². The van der Waals surface area contributed by atoms with Crippen molar-refractivity contribution in [2.24, 2.45) is 7.05 Å². The summed E-state index contributed by atoms with van der Waals surface area (Å²) in [6.45, 7) is -0.406. The summed E-state index contributed by atoms with van der Waals surface area (Å²) in [4.78, 5) is 16.0. The molecule has 0 aliphatic carbocycles. The summed E-state index contributed by atoms with van der Waals surface area (Å²) in [6, 6.07) is 8.24. The number of imidazole rings is 1. The van der Waals surface area contributed by atoms with Gasteiger partial charge in [-0.25, -0.2) is 18.1 Å². The first-order valence-electron chi connectivity index (χ1n) is 8.67. The molecule has 1 aliphatic rings. The molecule has 1 aromatic heterocycles. The van der Waals surface area contributed by atoms with Gasteiger partial charge < -0.3 is 19.7 Å². The number of amides is 1. The SMILES string of the molecule is Cn1cnc(S(=O)(=O)N[C@@H]2C=C[C@H](CC(=O)Nc3ccccc3)O[C@@H]2CO)c1. The highest BCUT2D eigenvalue weighted by atomic mass is 32.2. The zero-order valence-corrected chi connectivity index (χ0v) is 16.0. The Morgan fingerprint density at radius 1 is 1.29 bits per heavy atom. The Morgan fingerprint density at radius 3 is 2.68 bits per heavy atom. The second-order valence-electron chi connectivity index (χ2n) is 6.42. The number of aliphatic hydroxyl groups excluding tert-OH is 1. The average Bonchev–Trinajstić information content (AvgIpc) is 3.11. The molecule has 9 nitrogen and oxygen atoms in total. The monoisotopic (exact) mass is 406 g/mol. The third kappa shape index (κ3) is 5.04. The first-order chi connectivity index (χ1) is 13.4. The van der Waals surface area contributed by atoms with Crippen molar-refractivity contribution in [1.29, 1.82) is 0 Å².